The summed E-state index contributed by atoms with van der Waals surface area (Å²) in [5.41, 5.74) is 1.12. The molecule has 0 aliphatic carbocycles. The molecular formula is C11H15BrN2O2. The van der Waals surface area contributed by atoms with Crippen LogP contribution in [0.5, 0.6) is 0 Å². The normalized spacial score (nSPS) is 10.7. The lowest BCUT2D eigenvalue weighted by Crippen LogP contribution is -2.19. The largest absolute Gasteiger partial charge is 0.481 e. The number of carboxylic acids is 1. The van der Waals surface area contributed by atoms with Gasteiger partial charge in [0.25, 0.3) is 0 Å². The summed E-state index contributed by atoms with van der Waals surface area (Å²) >= 11 is 3.37. The molecule has 0 fully saturated rings. The summed E-state index contributed by atoms with van der Waals surface area (Å²) in [7, 11) is 1.97. The van der Waals surface area contributed by atoms with Crippen LogP contribution in [0.15, 0.2) is 22.9 Å². The first-order valence-electron chi connectivity index (χ1n) is 5.07. The molecule has 0 saturated carbocycles. The molecule has 0 spiro atoms. The summed E-state index contributed by atoms with van der Waals surface area (Å²) < 4.78 is 0.962. The van der Waals surface area contributed by atoms with Crippen LogP contribution in [0.4, 0.5) is 0 Å². The number of aromatic nitrogens is 1. The molecule has 0 unspecified atom stereocenters. The summed E-state index contributed by atoms with van der Waals surface area (Å²) in [5, 5.41) is 8.52. The van der Waals surface area contributed by atoms with Crippen molar-refractivity contribution in [2.45, 2.75) is 19.4 Å². The third kappa shape index (κ3) is 5.23. The third-order valence-corrected chi connectivity index (χ3v) is 2.58. The van der Waals surface area contributed by atoms with Gasteiger partial charge in [-0.2, -0.15) is 0 Å². The van der Waals surface area contributed by atoms with Crippen molar-refractivity contribution in [2.75, 3.05) is 13.6 Å². The zero-order valence-electron chi connectivity index (χ0n) is 9.19. The number of carbonyl (C=O) groups is 1. The lowest BCUT2D eigenvalue weighted by molar-refractivity contribution is -0.137. The van der Waals surface area contributed by atoms with E-state index in [4.69, 9.17) is 5.11 Å². The second-order valence-electron chi connectivity index (χ2n) is 3.75. The highest BCUT2D eigenvalue weighted by Gasteiger charge is 2.03. The Labute approximate surface area is 103 Å². The second kappa shape index (κ2) is 6.60. The van der Waals surface area contributed by atoms with E-state index in [1.54, 1.807) is 6.20 Å². The minimum absolute atomic E-state index is 0.223. The SMILES string of the molecule is CN(CCCC(=O)O)Cc1cncc(Br)c1. The van der Waals surface area contributed by atoms with E-state index in [9.17, 15) is 4.79 Å². The Bertz CT molecular complexity index is 358. The van der Waals surface area contributed by atoms with Gasteiger partial charge in [0.15, 0.2) is 0 Å². The van der Waals surface area contributed by atoms with Crippen molar-refractivity contribution in [1.29, 1.82) is 0 Å². The van der Waals surface area contributed by atoms with Gasteiger partial charge in [-0.1, -0.05) is 0 Å². The zero-order chi connectivity index (χ0) is 12.0. The first-order chi connectivity index (χ1) is 7.58. The molecule has 0 radical (unpaired) electrons. The average molecular weight is 287 g/mol. The highest BCUT2D eigenvalue weighted by atomic mass is 79.9. The maximum absolute atomic E-state index is 10.3. The van der Waals surface area contributed by atoms with Gasteiger partial charge >= 0.3 is 5.97 Å². The van der Waals surface area contributed by atoms with Gasteiger partial charge in [-0.15, -0.1) is 0 Å². The molecule has 5 heteroatoms. The zero-order valence-corrected chi connectivity index (χ0v) is 10.8. The van der Waals surface area contributed by atoms with Crippen LogP contribution in [0.25, 0.3) is 0 Å². The van der Waals surface area contributed by atoms with Crippen molar-refractivity contribution in [1.82, 2.24) is 9.88 Å². The molecular weight excluding hydrogens is 272 g/mol. The molecule has 88 valence electrons. The van der Waals surface area contributed by atoms with Gasteiger partial charge in [0.1, 0.15) is 0 Å². The second-order valence-corrected chi connectivity index (χ2v) is 4.66. The van der Waals surface area contributed by atoms with E-state index >= 15 is 0 Å². The van der Waals surface area contributed by atoms with Crippen LogP contribution in [-0.2, 0) is 11.3 Å². The lowest BCUT2D eigenvalue weighted by Gasteiger charge is -2.15. The number of halogens is 1. The van der Waals surface area contributed by atoms with Crippen LogP contribution < -0.4 is 0 Å². The molecule has 0 bridgehead atoms. The van der Waals surface area contributed by atoms with E-state index < -0.39 is 5.97 Å². The van der Waals surface area contributed by atoms with Crippen LogP contribution in [0.1, 0.15) is 18.4 Å². The Kier molecular flexibility index (Phi) is 5.42. The molecule has 0 saturated heterocycles. The summed E-state index contributed by atoms with van der Waals surface area (Å²) in [4.78, 5) is 16.5. The maximum Gasteiger partial charge on any atom is 0.303 e. The molecule has 16 heavy (non-hydrogen) atoms. The van der Waals surface area contributed by atoms with Crippen LogP contribution in [0, 0.1) is 0 Å². The van der Waals surface area contributed by atoms with Crippen molar-refractivity contribution in [3.05, 3.63) is 28.5 Å². The highest BCUT2D eigenvalue weighted by Crippen LogP contribution is 2.11. The van der Waals surface area contributed by atoms with Gasteiger partial charge in [-0.3, -0.25) is 9.78 Å². The van der Waals surface area contributed by atoms with Gasteiger partial charge in [-0.25, -0.2) is 0 Å². The number of carboxylic acid groups (broad SMARTS) is 1. The Balaban J connectivity index is 2.33. The number of nitrogens with zero attached hydrogens (tertiary/aromatic N) is 2. The van der Waals surface area contributed by atoms with Crippen molar-refractivity contribution < 1.29 is 9.90 Å². The summed E-state index contributed by atoms with van der Waals surface area (Å²) in [6, 6.07) is 2.01. The number of rotatable bonds is 6. The van der Waals surface area contributed by atoms with Gasteiger partial charge < -0.3 is 10.0 Å². The van der Waals surface area contributed by atoms with E-state index in [0.717, 1.165) is 23.1 Å². The number of aliphatic carboxylic acids is 1. The fraction of sp³-hybridized carbons (Fsp3) is 0.455. The molecule has 1 rings (SSSR count). The Morgan fingerprint density at radius 3 is 2.94 bits per heavy atom. The van der Waals surface area contributed by atoms with Crippen molar-refractivity contribution in [2.24, 2.45) is 0 Å². The first kappa shape index (κ1) is 13.1. The van der Waals surface area contributed by atoms with E-state index in [1.165, 1.54) is 0 Å². The van der Waals surface area contributed by atoms with E-state index in [1.807, 2.05) is 19.3 Å². The molecule has 0 amide bonds. The minimum atomic E-state index is -0.738. The van der Waals surface area contributed by atoms with E-state index in [0.29, 0.717) is 6.42 Å². The van der Waals surface area contributed by atoms with E-state index in [2.05, 4.69) is 25.8 Å². The fourth-order valence-corrected chi connectivity index (χ4v) is 1.85. The molecule has 1 heterocycles. The van der Waals surface area contributed by atoms with Crippen LogP contribution in [0.2, 0.25) is 0 Å². The molecule has 0 aromatic carbocycles. The number of pyridine rings is 1. The van der Waals surface area contributed by atoms with Crippen LogP contribution >= 0.6 is 15.9 Å². The number of hydrogen-bond acceptors (Lipinski definition) is 3. The van der Waals surface area contributed by atoms with Gasteiger partial charge in [-0.05, 0) is 47.6 Å². The van der Waals surface area contributed by atoms with Crippen molar-refractivity contribution >= 4 is 21.9 Å². The number of hydrogen-bond donors (Lipinski definition) is 1. The molecule has 1 aromatic heterocycles. The summed E-state index contributed by atoms with van der Waals surface area (Å²) in [6.07, 6.45) is 4.46. The van der Waals surface area contributed by atoms with Gasteiger partial charge in [0.05, 0.1) is 0 Å². The summed E-state index contributed by atoms with van der Waals surface area (Å²) in [6.45, 7) is 1.56. The van der Waals surface area contributed by atoms with E-state index in [-0.39, 0.29) is 6.42 Å². The van der Waals surface area contributed by atoms with Crippen molar-refractivity contribution in [3.63, 3.8) is 0 Å². The quantitative estimate of drug-likeness (QED) is 0.871. The van der Waals surface area contributed by atoms with Crippen LogP contribution in [-0.4, -0.2) is 34.6 Å². The highest BCUT2D eigenvalue weighted by molar-refractivity contribution is 9.10. The first-order valence-corrected chi connectivity index (χ1v) is 5.87. The molecule has 4 nitrogen and oxygen atoms in total. The standard InChI is InChI=1S/C11H15BrN2O2/c1-14(4-2-3-11(15)16)8-9-5-10(12)7-13-6-9/h5-7H,2-4,8H2,1H3,(H,15,16). The third-order valence-electron chi connectivity index (χ3n) is 2.14. The minimum Gasteiger partial charge on any atom is -0.481 e. The Morgan fingerprint density at radius 2 is 2.31 bits per heavy atom. The summed E-state index contributed by atoms with van der Waals surface area (Å²) in [5.74, 6) is -0.738. The maximum atomic E-state index is 10.3. The monoisotopic (exact) mass is 286 g/mol. The molecule has 1 aromatic rings. The predicted molar refractivity (Wildman–Crippen MR) is 65.1 cm³/mol. The molecule has 0 aliphatic heterocycles. The van der Waals surface area contributed by atoms with Crippen molar-refractivity contribution in [3.8, 4) is 0 Å². The van der Waals surface area contributed by atoms with Crippen LogP contribution in [0.3, 0.4) is 0 Å². The fourth-order valence-electron chi connectivity index (χ4n) is 1.43. The molecule has 0 aliphatic rings. The Morgan fingerprint density at radius 1 is 1.56 bits per heavy atom. The molecule has 1 N–H and O–H groups in total. The Hall–Kier alpha value is -0.940. The molecule has 0 atom stereocenters. The topological polar surface area (TPSA) is 53.4 Å². The predicted octanol–water partition coefficient (Wildman–Crippen LogP) is 2.14. The lowest BCUT2D eigenvalue weighted by atomic mass is 10.2. The van der Waals surface area contributed by atoms with Gasteiger partial charge in [0.2, 0.25) is 0 Å². The smallest absolute Gasteiger partial charge is 0.303 e. The average Bonchev–Trinajstić information content (AvgIpc) is 2.16. The van der Waals surface area contributed by atoms with Gasteiger partial charge in [0, 0.05) is 29.8 Å².